The Kier molecular flexibility index (Phi) is 6.36. The zero-order chi connectivity index (χ0) is 16.7. The van der Waals surface area contributed by atoms with Gasteiger partial charge in [-0.1, -0.05) is 54.1 Å². The van der Waals surface area contributed by atoms with Gasteiger partial charge in [0, 0.05) is 19.5 Å². The van der Waals surface area contributed by atoms with Gasteiger partial charge >= 0.3 is 0 Å². The maximum Gasteiger partial charge on any atom is 0.220 e. The summed E-state index contributed by atoms with van der Waals surface area (Å²) in [5.74, 6) is 0.101. The van der Waals surface area contributed by atoms with E-state index >= 15 is 0 Å². The first-order valence-electron chi connectivity index (χ1n) is 8.08. The van der Waals surface area contributed by atoms with Gasteiger partial charge in [-0.2, -0.15) is 0 Å². The number of carbonyl (C=O) groups is 1. The lowest BCUT2D eigenvalue weighted by Gasteiger charge is -2.10. The quantitative estimate of drug-likeness (QED) is 0.851. The fourth-order valence-electron chi connectivity index (χ4n) is 2.54. The van der Waals surface area contributed by atoms with Gasteiger partial charge in [0.1, 0.15) is 0 Å². The van der Waals surface area contributed by atoms with Crippen molar-refractivity contribution in [2.24, 2.45) is 0 Å². The molecule has 2 aromatic rings. The molecule has 3 nitrogen and oxygen atoms in total. The first-order valence-corrected chi connectivity index (χ1v) is 8.08. The van der Waals surface area contributed by atoms with E-state index in [0.29, 0.717) is 13.0 Å². The number of aryl methyl sites for hydroxylation is 2. The molecule has 0 unspecified atom stereocenters. The predicted molar refractivity (Wildman–Crippen MR) is 95.2 cm³/mol. The van der Waals surface area contributed by atoms with Crippen LogP contribution in [0.1, 0.15) is 28.7 Å². The maximum absolute atomic E-state index is 12.0. The average molecular weight is 310 g/mol. The van der Waals surface area contributed by atoms with E-state index in [-0.39, 0.29) is 5.91 Å². The van der Waals surface area contributed by atoms with Crippen molar-refractivity contribution in [3.8, 4) is 0 Å². The molecule has 23 heavy (non-hydrogen) atoms. The number of hydrogen-bond donors (Lipinski definition) is 1. The second kappa shape index (κ2) is 8.49. The minimum atomic E-state index is 0.101. The Morgan fingerprint density at radius 1 is 1.00 bits per heavy atom. The molecule has 0 heterocycles. The van der Waals surface area contributed by atoms with Crippen LogP contribution in [-0.4, -0.2) is 24.9 Å². The molecule has 0 bridgehead atoms. The summed E-state index contributed by atoms with van der Waals surface area (Å²) < 4.78 is 0. The molecule has 0 saturated carbocycles. The number of nitrogens with one attached hydrogen (secondary N) is 1. The van der Waals surface area contributed by atoms with Crippen LogP contribution in [0.3, 0.4) is 0 Å². The summed E-state index contributed by atoms with van der Waals surface area (Å²) in [6, 6.07) is 16.7. The van der Waals surface area contributed by atoms with E-state index in [1.807, 2.05) is 6.07 Å². The fourth-order valence-corrected chi connectivity index (χ4v) is 2.54. The molecule has 0 spiro atoms. The van der Waals surface area contributed by atoms with Crippen LogP contribution in [0.25, 0.3) is 0 Å². The van der Waals surface area contributed by atoms with Crippen molar-refractivity contribution >= 4 is 5.91 Å². The van der Waals surface area contributed by atoms with Crippen molar-refractivity contribution in [2.45, 2.75) is 32.9 Å². The van der Waals surface area contributed by atoms with Crippen LogP contribution in [0.4, 0.5) is 0 Å². The lowest BCUT2D eigenvalue weighted by molar-refractivity contribution is -0.121. The zero-order valence-corrected chi connectivity index (χ0v) is 14.3. The predicted octanol–water partition coefficient (Wildman–Crippen LogP) is 3.31. The summed E-state index contributed by atoms with van der Waals surface area (Å²) in [6.07, 6.45) is 1.32. The highest BCUT2D eigenvalue weighted by molar-refractivity contribution is 5.76. The molecule has 0 radical (unpaired) electrons. The molecule has 0 aliphatic carbocycles. The van der Waals surface area contributed by atoms with Gasteiger partial charge < -0.3 is 10.2 Å². The molecule has 1 N–H and O–H groups in total. The molecule has 0 fully saturated rings. The Labute approximate surface area is 139 Å². The molecule has 0 aliphatic heterocycles. The van der Waals surface area contributed by atoms with Crippen molar-refractivity contribution in [2.75, 3.05) is 14.1 Å². The fraction of sp³-hybridized carbons (Fsp3) is 0.350. The van der Waals surface area contributed by atoms with Crippen LogP contribution in [0.2, 0.25) is 0 Å². The van der Waals surface area contributed by atoms with Gasteiger partial charge in [-0.3, -0.25) is 4.79 Å². The number of benzene rings is 2. The molecular formula is C20H26N2O. The normalized spacial score (nSPS) is 10.8. The van der Waals surface area contributed by atoms with Crippen LogP contribution < -0.4 is 5.32 Å². The maximum atomic E-state index is 12.0. The van der Waals surface area contributed by atoms with Gasteiger partial charge in [-0.25, -0.2) is 0 Å². The van der Waals surface area contributed by atoms with Gasteiger partial charge in [0.25, 0.3) is 0 Å². The highest BCUT2D eigenvalue weighted by atomic mass is 16.1. The van der Waals surface area contributed by atoms with E-state index in [1.165, 1.54) is 16.7 Å². The third-order valence-corrected chi connectivity index (χ3v) is 3.73. The molecule has 1 amide bonds. The first-order chi connectivity index (χ1) is 11.0. The second-order valence-electron chi connectivity index (χ2n) is 6.32. The van der Waals surface area contributed by atoms with Gasteiger partial charge in [0.2, 0.25) is 5.91 Å². The molecule has 3 heteroatoms. The molecule has 2 rings (SSSR count). The van der Waals surface area contributed by atoms with Crippen LogP contribution in [0.15, 0.2) is 48.5 Å². The molecule has 0 aliphatic rings. The molecule has 0 atom stereocenters. The number of amides is 1. The van der Waals surface area contributed by atoms with E-state index in [9.17, 15) is 4.79 Å². The molecule has 2 aromatic carbocycles. The van der Waals surface area contributed by atoms with E-state index in [4.69, 9.17) is 0 Å². The van der Waals surface area contributed by atoms with E-state index < -0.39 is 0 Å². The van der Waals surface area contributed by atoms with Gasteiger partial charge in [-0.05, 0) is 44.1 Å². The lowest BCUT2D eigenvalue weighted by Crippen LogP contribution is -2.23. The third kappa shape index (κ3) is 6.25. The van der Waals surface area contributed by atoms with Crippen molar-refractivity contribution in [3.63, 3.8) is 0 Å². The number of rotatable bonds is 7. The van der Waals surface area contributed by atoms with Gasteiger partial charge in [-0.15, -0.1) is 0 Å². The molecule has 0 saturated heterocycles. The van der Waals surface area contributed by atoms with E-state index in [1.54, 1.807) is 0 Å². The van der Waals surface area contributed by atoms with Crippen molar-refractivity contribution in [3.05, 3.63) is 70.8 Å². The van der Waals surface area contributed by atoms with Crippen LogP contribution >= 0.6 is 0 Å². The summed E-state index contributed by atoms with van der Waals surface area (Å²) in [7, 11) is 4.12. The summed E-state index contributed by atoms with van der Waals surface area (Å²) in [6.45, 7) is 3.60. The Morgan fingerprint density at radius 3 is 2.35 bits per heavy atom. The molecule has 0 aromatic heterocycles. The Hall–Kier alpha value is -2.13. The van der Waals surface area contributed by atoms with Gasteiger partial charge in [0.15, 0.2) is 0 Å². The van der Waals surface area contributed by atoms with Crippen molar-refractivity contribution in [1.82, 2.24) is 10.2 Å². The van der Waals surface area contributed by atoms with Crippen molar-refractivity contribution < 1.29 is 4.79 Å². The Morgan fingerprint density at radius 2 is 1.70 bits per heavy atom. The summed E-state index contributed by atoms with van der Waals surface area (Å²) in [5.41, 5.74) is 4.87. The standard InChI is InChI=1S/C20H26N2O/c1-16-5-4-6-17(13-16)11-12-20(23)21-14-18-7-9-19(10-8-18)15-22(2)3/h4-10,13H,11-12,14-15H2,1-3H3,(H,21,23). The minimum absolute atomic E-state index is 0.101. The number of nitrogens with zero attached hydrogens (tertiary/aromatic N) is 1. The molecular weight excluding hydrogens is 284 g/mol. The summed E-state index contributed by atoms with van der Waals surface area (Å²) >= 11 is 0. The highest BCUT2D eigenvalue weighted by Gasteiger charge is 2.03. The van der Waals surface area contributed by atoms with Crippen LogP contribution in [0.5, 0.6) is 0 Å². The van der Waals surface area contributed by atoms with Crippen LogP contribution in [-0.2, 0) is 24.3 Å². The third-order valence-electron chi connectivity index (χ3n) is 3.73. The first kappa shape index (κ1) is 17.2. The minimum Gasteiger partial charge on any atom is -0.352 e. The summed E-state index contributed by atoms with van der Waals surface area (Å²) in [4.78, 5) is 14.1. The lowest BCUT2D eigenvalue weighted by atomic mass is 10.1. The van der Waals surface area contributed by atoms with E-state index in [2.05, 4.69) is 73.7 Å². The smallest absolute Gasteiger partial charge is 0.220 e. The molecule has 122 valence electrons. The van der Waals surface area contributed by atoms with Crippen LogP contribution in [0, 0.1) is 6.92 Å². The van der Waals surface area contributed by atoms with Gasteiger partial charge in [0.05, 0.1) is 0 Å². The second-order valence-corrected chi connectivity index (χ2v) is 6.32. The SMILES string of the molecule is Cc1cccc(CCC(=O)NCc2ccc(CN(C)C)cc2)c1. The topological polar surface area (TPSA) is 32.3 Å². The zero-order valence-electron chi connectivity index (χ0n) is 14.3. The summed E-state index contributed by atoms with van der Waals surface area (Å²) in [5, 5.41) is 2.99. The highest BCUT2D eigenvalue weighted by Crippen LogP contribution is 2.08. The average Bonchev–Trinajstić information content (AvgIpc) is 2.52. The van der Waals surface area contributed by atoms with E-state index in [0.717, 1.165) is 18.5 Å². The Balaban J connectivity index is 1.75. The number of carbonyl (C=O) groups excluding carboxylic acids is 1. The number of hydrogen-bond acceptors (Lipinski definition) is 2. The Bertz CT molecular complexity index is 632. The largest absolute Gasteiger partial charge is 0.352 e. The monoisotopic (exact) mass is 310 g/mol. The van der Waals surface area contributed by atoms with Crippen molar-refractivity contribution in [1.29, 1.82) is 0 Å².